The molecular weight excluding hydrogens is 254 g/mol. The van der Waals surface area contributed by atoms with Gasteiger partial charge in [-0.2, -0.15) is 5.26 Å². The number of aliphatic hydroxyl groups is 1. The van der Waals surface area contributed by atoms with Gasteiger partial charge in [0.05, 0.1) is 12.5 Å². The molecule has 3 N–H and O–H groups in total. The summed E-state index contributed by atoms with van der Waals surface area (Å²) in [6.45, 7) is 3.90. The number of hydrogen-bond acceptors (Lipinski definition) is 3. The van der Waals surface area contributed by atoms with E-state index >= 15 is 0 Å². The third kappa shape index (κ3) is 4.90. The van der Waals surface area contributed by atoms with Crippen LogP contribution in [0.15, 0.2) is 24.3 Å². The van der Waals surface area contributed by atoms with Gasteiger partial charge in [-0.25, -0.2) is 4.79 Å². The predicted octanol–water partition coefficient (Wildman–Crippen LogP) is 2.43. The highest BCUT2D eigenvalue weighted by molar-refractivity contribution is 5.89. The molecule has 0 bridgehead atoms. The minimum Gasteiger partial charge on any atom is -0.396 e. The molecule has 0 aliphatic rings. The van der Waals surface area contributed by atoms with E-state index in [4.69, 9.17) is 10.4 Å². The molecule has 0 radical (unpaired) electrons. The Bertz CT molecular complexity index is 479. The summed E-state index contributed by atoms with van der Waals surface area (Å²) in [5, 5.41) is 23.2. The van der Waals surface area contributed by atoms with Crippen LogP contribution in [0.2, 0.25) is 0 Å². The summed E-state index contributed by atoms with van der Waals surface area (Å²) in [6, 6.07) is 8.93. The van der Waals surface area contributed by atoms with Crippen molar-refractivity contribution < 1.29 is 9.90 Å². The minimum atomic E-state index is -0.417. The smallest absolute Gasteiger partial charge is 0.319 e. The number of carbonyl (C=O) groups is 1. The van der Waals surface area contributed by atoms with Crippen LogP contribution in [0.4, 0.5) is 10.5 Å². The average Bonchev–Trinajstić information content (AvgIpc) is 2.41. The molecule has 0 spiro atoms. The summed E-state index contributed by atoms with van der Waals surface area (Å²) >= 11 is 0. The van der Waals surface area contributed by atoms with Crippen LogP contribution in [-0.2, 0) is 6.42 Å². The molecule has 1 rings (SSSR count). The molecule has 0 aliphatic carbocycles. The highest BCUT2D eigenvalue weighted by atomic mass is 16.3. The molecule has 108 valence electrons. The van der Waals surface area contributed by atoms with Gasteiger partial charge < -0.3 is 15.7 Å². The lowest BCUT2D eigenvalue weighted by Gasteiger charge is -2.29. The molecule has 1 aromatic rings. The Morgan fingerprint density at radius 3 is 2.55 bits per heavy atom. The van der Waals surface area contributed by atoms with Crippen LogP contribution in [0.3, 0.4) is 0 Å². The molecule has 2 amide bonds. The standard InChI is InChI=1S/C15H21N3O2/c1-3-15(2,9-11-19)18-14(20)17-13-6-4-12(5-7-13)8-10-16/h4-7,19H,3,8-9,11H2,1-2H3,(H2,17,18,20). The van der Waals surface area contributed by atoms with E-state index in [0.717, 1.165) is 12.0 Å². The Balaban J connectivity index is 2.59. The van der Waals surface area contributed by atoms with Crippen LogP contribution < -0.4 is 10.6 Å². The van der Waals surface area contributed by atoms with E-state index in [1.165, 1.54) is 0 Å². The van der Waals surface area contributed by atoms with Crippen molar-refractivity contribution in [1.29, 1.82) is 5.26 Å². The molecule has 5 nitrogen and oxygen atoms in total. The second-order valence-corrected chi connectivity index (χ2v) is 5.00. The molecule has 0 aromatic heterocycles. The second-order valence-electron chi connectivity index (χ2n) is 5.00. The number of nitrogens with one attached hydrogen (secondary N) is 2. The van der Waals surface area contributed by atoms with Crippen LogP contribution in [0, 0.1) is 11.3 Å². The lowest BCUT2D eigenvalue weighted by atomic mass is 9.95. The summed E-state index contributed by atoms with van der Waals surface area (Å²) in [5.41, 5.74) is 1.17. The highest BCUT2D eigenvalue weighted by Crippen LogP contribution is 2.15. The van der Waals surface area contributed by atoms with Gasteiger partial charge >= 0.3 is 6.03 Å². The minimum absolute atomic E-state index is 0.0352. The van der Waals surface area contributed by atoms with Crippen molar-refractivity contribution in [3.63, 3.8) is 0 Å². The first kappa shape index (κ1) is 16.0. The van der Waals surface area contributed by atoms with Crippen molar-refractivity contribution >= 4 is 11.7 Å². The largest absolute Gasteiger partial charge is 0.396 e. The number of rotatable bonds is 6. The third-order valence-corrected chi connectivity index (χ3v) is 3.35. The number of carbonyl (C=O) groups excluding carboxylic acids is 1. The van der Waals surface area contributed by atoms with E-state index in [9.17, 15) is 4.79 Å². The molecule has 0 saturated carbocycles. The molecule has 5 heteroatoms. The van der Waals surface area contributed by atoms with Gasteiger partial charge in [-0.3, -0.25) is 0 Å². The highest BCUT2D eigenvalue weighted by Gasteiger charge is 2.23. The first-order valence-electron chi connectivity index (χ1n) is 6.69. The fourth-order valence-corrected chi connectivity index (χ4v) is 1.81. The molecule has 1 unspecified atom stereocenters. The lowest BCUT2D eigenvalue weighted by molar-refractivity contribution is 0.208. The molecule has 0 heterocycles. The Labute approximate surface area is 119 Å². The van der Waals surface area contributed by atoms with Crippen molar-refractivity contribution in [2.24, 2.45) is 0 Å². The first-order chi connectivity index (χ1) is 9.53. The van der Waals surface area contributed by atoms with Crippen molar-refractivity contribution in [3.05, 3.63) is 29.8 Å². The normalized spacial score (nSPS) is 13.1. The maximum atomic E-state index is 11.9. The number of benzene rings is 1. The number of anilines is 1. The molecule has 0 fully saturated rings. The Morgan fingerprint density at radius 1 is 1.40 bits per heavy atom. The summed E-state index contributed by atoms with van der Waals surface area (Å²) in [7, 11) is 0. The van der Waals surface area contributed by atoms with Gasteiger partial charge in [0.1, 0.15) is 0 Å². The predicted molar refractivity (Wildman–Crippen MR) is 78.3 cm³/mol. The van der Waals surface area contributed by atoms with Crippen molar-refractivity contribution in [3.8, 4) is 6.07 Å². The maximum absolute atomic E-state index is 11.9. The van der Waals surface area contributed by atoms with E-state index < -0.39 is 5.54 Å². The third-order valence-electron chi connectivity index (χ3n) is 3.35. The zero-order valence-corrected chi connectivity index (χ0v) is 11.9. The SMILES string of the molecule is CCC(C)(CCO)NC(=O)Nc1ccc(CC#N)cc1. The summed E-state index contributed by atoms with van der Waals surface area (Å²) in [6.07, 6.45) is 1.61. The zero-order valence-electron chi connectivity index (χ0n) is 11.9. The van der Waals surface area contributed by atoms with Gasteiger partial charge in [-0.05, 0) is 37.5 Å². The van der Waals surface area contributed by atoms with Gasteiger partial charge in [0.15, 0.2) is 0 Å². The second kappa shape index (κ2) is 7.51. The van der Waals surface area contributed by atoms with Gasteiger partial charge in [0.2, 0.25) is 0 Å². The van der Waals surface area contributed by atoms with E-state index in [0.29, 0.717) is 18.5 Å². The van der Waals surface area contributed by atoms with E-state index in [-0.39, 0.29) is 12.6 Å². The number of aliphatic hydroxyl groups excluding tert-OH is 1. The molecular formula is C15H21N3O2. The van der Waals surface area contributed by atoms with Crippen molar-refractivity contribution in [2.45, 2.75) is 38.6 Å². The summed E-state index contributed by atoms with van der Waals surface area (Å²) in [5.74, 6) is 0. The average molecular weight is 275 g/mol. The maximum Gasteiger partial charge on any atom is 0.319 e. The van der Waals surface area contributed by atoms with Gasteiger partial charge in [-0.15, -0.1) is 0 Å². The molecule has 0 aliphatic heterocycles. The number of nitriles is 1. The fraction of sp³-hybridized carbons (Fsp3) is 0.467. The Hall–Kier alpha value is -2.06. The summed E-state index contributed by atoms with van der Waals surface area (Å²) < 4.78 is 0. The van der Waals surface area contributed by atoms with Crippen LogP contribution in [0.1, 0.15) is 32.3 Å². The monoisotopic (exact) mass is 275 g/mol. The fourth-order valence-electron chi connectivity index (χ4n) is 1.81. The van der Waals surface area contributed by atoms with Gasteiger partial charge in [0, 0.05) is 17.8 Å². The number of urea groups is 1. The molecule has 20 heavy (non-hydrogen) atoms. The molecule has 1 aromatic carbocycles. The van der Waals surface area contributed by atoms with E-state index in [2.05, 4.69) is 16.7 Å². The van der Waals surface area contributed by atoms with Crippen LogP contribution in [0.25, 0.3) is 0 Å². The Morgan fingerprint density at radius 2 is 2.05 bits per heavy atom. The van der Waals surface area contributed by atoms with Crippen molar-refractivity contribution in [2.75, 3.05) is 11.9 Å². The van der Waals surface area contributed by atoms with Gasteiger partial charge in [-0.1, -0.05) is 19.1 Å². The van der Waals surface area contributed by atoms with Gasteiger partial charge in [0.25, 0.3) is 0 Å². The number of nitrogens with zero attached hydrogens (tertiary/aromatic N) is 1. The zero-order chi connectivity index (χ0) is 15.0. The quantitative estimate of drug-likeness (QED) is 0.745. The van der Waals surface area contributed by atoms with Crippen molar-refractivity contribution in [1.82, 2.24) is 5.32 Å². The first-order valence-corrected chi connectivity index (χ1v) is 6.69. The Kier molecular flexibility index (Phi) is 6.01. The molecule has 1 atom stereocenters. The van der Waals surface area contributed by atoms with Crippen LogP contribution in [-0.4, -0.2) is 23.3 Å². The van der Waals surface area contributed by atoms with E-state index in [1.807, 2.05) is 26.0 Å². The van der Waals surface area contributed by atoms with Crippen LogP contribution >= 0.6 is 0 Å². The number of amides is 2. The topological polar surface area (TPSA) is 85.2 Å². The summed E-state index contributed by atoms with van der Waals surface area (Å²) in [4.78, 5) is 11.9. The van der Waals surface area contributed by atoms with E-state index in [1.54, 1.807) is 12.1 Å². The van der Waals surface area contributed by atoms with Crippen LogP contribution in [0.5, 0.6) is 0 Å². The molecule has 0 saturated heterocycles. The number of hydrogen-bond donors (Lipinski definition) is 3. The lowest BCUT2D eigenvalue weighted by Crippen LogP contribution is -2.48.